The summed E-state index contributed by atoms with van der Waals surface area (Å²) in [6.45, 7) is 2.04. The van der Waals surface area contributed by atoms with Crippen LogP contribution in [0.4, 0.5) is 5.69 Å². The smallest absolute Gasteiger partial charge is 0.178 e. The summed E-state index contributed by atoms with van der Waals surface area (Å²) in [6, 6.07) is 12.4. The molecule has 0 unspecified atom stereocenters. The standard InChI is InChI=1S/C17H21N5/c1-21(2)11-12-22(3)14-8-6-13(7-9-14)16-19-15-5-4-10-18-17(15)20-16/h4-10H,11-12H2,1-3H3,(H,18,19,20). The van der Waals surface area contributed by atoms with E-state index < -0.39 is 0 Å². The van der Waals surface area contributed by atoms with Crippen molar-refractivity contribution in [2.45, 2.75) is 0 Å². The summed E-state index contributed by atoms with van der Waals surface area (Å²) >= 11 is 0. The Bertz CT molecular complexity index is 712. The number of H-pyrrole nitrogens is 1. The van der Waals surface area contributed by atoms with Crippen LogP contribution in [0.1, 0.15) is 0 Å². The van der Waals surface area contributed by atoms with Crippen LogP contribution in [-0.2, 0) is 0 Å². The third kappa shape index (κ3) is 3.09. The number of imidazole rings is 1. The van der Waals surface area contributed by atoms with E-state index in [-0.39, 0.29) is 0 Å². The van der Waals surface area contributed by atoms with Crippen molar-refractivity contribution in [3.05, 3.63) is 42.6 Å². The molecule has 0 fully saturated rings. The van der Waals surface area contributed by atoms with Crippen LogP contribution in [0.15, 0.2) is 42.6 Å². The van der Waals surface area contributed by atoms with Crippen molar-refractivity contribution in [3.8, 4) is 11.4 Å². The first-order valence-corrected chi connectivity index (χ1v) is 7.40. The number of likely N-dealkylation sites (N-methyl/N-ethyl adjacent to an activating group) is 2. The lowest BCUT2D eigenvalue weighted by Crippen LogP contribution is -2.28. The van der Waals surface area contributed by atoms with Crippen LogP contribution in [0.25, 0.3) is 22.6 Å². The second-order valence-corrected chi connectivity index (χ2v) is 5.73. The number of anilines is 1. The lowest BCUT2D eigenvalue weighted by molar-refractivity contribution is 0.416. The first-order chi connectivity index (χ1) is 10.6. The number of benzene rings is 1. The average molecular weight is 295 g/mol. The van der Waals surface area contributed by atoms with Gasteiger partial charge in [0.15, 0.2) is 5.65 Å². The topological polar surface area (TPSA) is 48.1 Å². The van der Waals surface area contributed by atoms with Gasteiger partial charge in [0.25, 0.3) is 0 Å². The van der Waals surface area contributed by atoms with Crippen LogP contribution in [0.5, 0.6) is 0 Å². The molecule has 1 N–H and O–H groups in total. The minimum atomic E-state index is 0.754. The van der Waals surface area contributed by atoms with Gasteiger partial charge in [-0.2, -0.15) is 0 Å². The summed E-state index contributed by atoms with van der Waals surface area (Å²) < 4.78 is 0. The van der Waals surface area contributed by atoms with Gasteiger partial charge in [-0.05, 0) is 50.5 Å². The van der Waals surface area contributed by atoms with Crippen LogP contribution < -0.4 is 4.90 Å². The molecule has 2 heterocycles. The van der Waals surface area contributed by atoms with Gasteiger partial charge in [0.2, 0.25) is 0 Å². The molecule has 114 valence electrons. The van der Waals surface area contributed by atoms with Crippen LogP contribution in [-0.4, -0.2) is 54.1 Å². The Morgan fingerprint density at radius 2 is 1.77 bits per heavy atom. The zero-order valence-corrected chi connectivity index (χ0v) is 13.2. The van der Waals surface area contributed by atoms with E-state index in [9.17, 15) is 0 Å². The minimum Gasteiger partial charge on any atom is -0.373 e. The Morgan fingerprint density at radius 3 is 2.45 bits per heavy atom. The molecule has 0 saturated heterocycles. The van der Waals surface area contributed by atoms with Crippen molar-refractivity contribution in [2.24, 2.45) is 0 Å². The van der Waals surface area contributed by atoms with Crippen molar-refractivity contribution in [1.29, 1.82) is 0 Å². The fourth-order valence-electron chi connectivity index (χ4n) is 2.33. The van der Waals surface area contributed by atoms with Gasteiger partial charge in [-0.15, -0.1) is 0 Å². The number of aromatic nitrogens is 3. The lowest BCUT2D eigenvalue weighted by atomic mass is 10.2. The second kappa shape index (κ2) is 6.15. The van der Waals surface area contributed by atoms with Crippen molar-refractivity contribution in [3.63, 3.8) is 0 Å². The third-order valence-corrected chi connectivity index (χ3v) is 3.72. The monoisotopic (exact) mass is 295 g/mol. The highest BCUT2D eigenvalue weighted by atomic mass is 15.1. The van der Waals surface area contributed by atoms with E-state index in [0.717, 1.165) is 35.6 Å². The maximum absolute atomic E-state index is 4.53. The number of pyridine rings is 1. The molecule has 0 bridgehead atoms. The van der Waals surface area contributed by atoms with Gasteiger partial charge in [0, 0.05) is 37.6 Å². The number of hydrogen-bond acceptors (Lipinski definition) is 4. The maximum Gasteiger partial charge on any atom is 0.178 e. The third-order valence-electron chi connectivity index (χ3n) is 3.72. The van der Waals surface area contributed by atoms with Crippen molar-refractivity contribution >= 4 is 16.9 Å². The quantitative estimate of drug-likeness (QED) is 0.786. The molecule has 0 spiro atoms. The fourth-order valence-corrected chi connectivity index (χ4v) is 2.33. The predicted octanol–water partition coefficient (Wildman–Crippen LogP) is 2.62. The summed E-state index contributed by atoms with van der Waals surface area (Å²) in [5, 5.41) is 0. The summed E-state index contributed by atoms with van der Waals surface area (Å²) in [6.07, 6.45) is 1.76. The Balaban J connectivity index is 1.78. The van der Waals surface area contributed by atoms with Gasteiger partial charge in [-0.25, -0.2) is 9.97 Å². The van der Waals surface area contributed by atoms with E-state index in [1.54, 1.807) is 6.20 Å². The molecule has 0 atom stereocenters. The molecule has 22 heavy (non-hydrogen) atoms. The summed E-state index contributed by atoms with van der Waals surface area (Å²) in [5.74, 6) is 0.858. The Morgan fingerprint density at radius 1 is 1.00 bits per heavy atom. The molecular weight excluding hydrogens is 274 g/mol. The van der Waals surface area contributed by atoms with Crippen molar-refractivity contribution in [1.82, 2.24) is 19.9 Å². The highest BCUT2D eigenvalue weighted by Gasteiger charge is 2.07. The van der Waals surface area contributed by atoms with Crippen molar-refractivity contribution < 1.29 is 0 Å². The Kier molecular flexibility index (Phi) is 4.06. The van der Waals surface area contributed by atoms with Crippen LogP contribution in [0.2, 0.25) is 0 Å². The molecule has 1 aromatic carbocycles. The lowest BCUT2D eigenvalue weighted by Gasteiger charge is -2.21. The SMILES string of the molecule is CN(C)CCN(C)c1ccc(-c2nc3ncccc3[nH]2)cc1. The molecule has 0 amide bonds. The second-order valence-electron chi connectivity index (χ2n) is 5.73. The number of aromatic amines is 1. The number of hydrogen-bond donors (Lipinski definition) is 1. The van der Waals surface area contributed by atoms with E-state index >= 15 is 0 Å². The van der Waals surface area contributed by atoms with Crippen molar-refractivity contribution in [2.75, 3.05) is 39.1 Å². The molecule has 0 radical (unpaired) electrons. The molecular formula is C17H21N5. The van der Waals surface area contributed by atoms with E-state index in [4.69, 9.17) is 0 Å². The number of nitrogens with one attached hydrogen (secondary N) is 1. The largest absolute Gasteiger partial charge is 0.373 e. The molecule has 5 nitrogen and oxygen atoms in total. The molecule has 3 aromatic rings. The number of rotatable bonds is 5. The van der Waals surface area contributed by atoms with Gasteiger partial charge in [0.05, 0.1) is 5.52 Å². The van der Waals surface area contributed by atoms with Gasteiger partial charge < -0.3 is 14.8 Å². The van der Waals surface area contributed by atoms with Gasteiger partial charge in [0.1, 0.15) is 5.82 Å². The minimum absolute atomic E-state index is 0.754. The first-order valence-electron chi connectivity index (χ1n) is 7.40. The fraction of sp³-hybridized carbons (Fsp3) is 0.294. The van der Waals surface area contributed by atoms with E-state index in [0.29, 0.717) is 0 Å². The highest BCUT2D eigenvalue weighted by Crippen LogP contribution is 2.22. The Labute approximate surface area is 130 Å². The molecule has 0 aliphatic heterocycles. The predicted molar refractivity (Wildman–Crippen MR) is 91.1 cm³/mol. The van der Waals surface area contributed by atoms with Crippen LogP contribution in [0, 0.1) is 0 Å². The summed E-state index contributed by atoms with van der Waals surface area (Å²) in [5.41, 5.74) is 4.00. The average Bonchev–Trinajstić information content (AvgIpc) is 2.96. The normalized spacial score (nSPS) is 11.3. The zero-order valence-electron chi connectivity index (χ0n) is 13.2. The summed E-state index contributed by atoms with van der Waals surface area (Å²) in [7, 11) is 6.29. The maximum atomic E-state index is 4.53. The van der Waals surface area contributed by atoms with Gasteiger partial charge in [-0.1, -0.05) is 0 Å². The highest BCUT2D eigenvalue weighted by molar-refractivity contribution is 5.75. The molecule has 2 aromatic heterocycles. The molecule has 0 saturated carbocycles. The van der Waals surface area contributed by atoms with E-state index in [1.165, 1.54) is 5.69 Å². The summed E-state index contributed by atoms with van der Waals surface area (Å²) in [4.78, 5) is 16.5. The van der Waals surface area contributed by atoms with E-state index in [2.05, 4.69) is 70.2 Å². The molecule has 5 heteroatoms. The molecule has 3 rings (SSSR count). The zero-order chi connectivity index (χ0) is 15.5. The molecule has 0 aliphatic rings. The van der Waals surface area contributed by atoms with Crippen LogP contribution in [0.3, 0.4) is 0 Å². The number of fused-ring (bicyclic) bond motifs is 1. The number of nitrogens with zero attached hydrogens (tertiary/aromatic N) is 4. The molecule has 0 aliphatic carbocycles. The van der Waals surface area contributed by atoms with Gasteiger partial charge >= 0.3 is 0 Å². The van der Waals surface area contributed by atoms with E-state index in [1.807, 2.05) is 12.1 Å². The first kappa shape index (κ1) is 14.5. The van der Waals surface area contributed by atoms with Gasteiger partial charge in [-0.3, -0.25) is 0 Å². The Hall–Kier alpha value is -2.40. The van der Waals surface area contributed by atoms with Crippen LogP contribution >= 0.6 is 0 Å².